The van der Waals surface area contributed by atoms with Crippen LogP contribution in [-0.2, 0) is 13.6 Å². The molecule has 0 saturated heterocycles. The van der Waals surface area contributed by atoms with Crippen molar-refractivity contribution in [2.45, 2.75) is 19.4 Å². The Hall–Kier alpha value is -1.63. The van der Waals surface area contributed by atoms with E-state index in [1.165, 1.54) is 0 Å². The van der Waals surface area contributed by atoms with Gasteiger partial charge >= 0.3 is 0 Å². The Kier molecular flexibility index (Phi) is 9.58. The van der Waals surface area contributed by atoms with Gasteiger partial charge in [-0.1, -0.05) is 6.07 Å². The summed E-state index contributed by atoms with van der Waals surface area (Å²) in [6.45, 7) is 1.91. The van der Waals surface area contributed by atoms with E-state index in [0.29, 0.717) is 5.69 Å². The molecule has 0 aliphatic heterocycles. The molecule has 3 aromatic heterocycles. The Bertz CT molecular complexity index is 740. The molecular weight excluding hydrogens is 371 g/mol. The number of rotatable bonds is 6. The fourth-order valence-corrected chi connectivity index (χ4v) is 2.41. The fraction of sp³-hybridized carbons (Fsp3) is 0.333. The molecule has 24 heavy (non-hydrogen) atoms. The number of aryl methyl sites for hydroxylation is 2. The summed E-state index contributed by atoms with van der Waals surface area (Å²) in [5.41, 5.74) is 7.75. The van der Waals surface area contributed by atoms with E-state index in [0.717, 1.165) is 37.3 Å². The second kappa shape index (κ2) is 10.3. The van der Waals surface area contributed by atoms with Crippen LogP contribution in [0.3, 0.4) is 0 Å². The maximum absolute atomic E-state index is 6.09. The normalized spacial score (nSPS) is 9.71. The summed E-state index contributed by atoms with van der Waals surface area (Å²) in [6, 6.07) is 5.88. The Balaban J connectivity index is 0.00000176. The molecule has 6 nitrogen and oxygen atoms in total. The van der Waals surface area contributed by atoms with Gasteiger partial charge < -0.3 is 23.5 Å². The van der Waals surface area contributed by atoms with Crippen molar-refractivity contribution >= 4 is 41.8 Å². The predicted octanol–water partition coefficient (Wildman–Crippen LogP) is -0.718. The first-order chi connectivity index (χ1) is 10.2. The van der Waals surface area contributed by atoms with Gasteiger partial charge in [0.15, 0.2) is 5.82 Å². The highest BCUT2D eigenvalue weighted by molar-refractivity contribution is 5.85. The highest BCUT2D eigenvalue weighted by Gasteiger charge is 2.08. The van der Waals surface area contributed by atoms with Crippen LogP contribution in [0, 0.1) is 0 Å². The molecule has 0 aliphatic rings. The zero-order valence-corrected chi connectivity index (χ0v) is 15.8. The van der Waals surface area contributed by atoms with Crippen LogP contribution in [0.2, 0.25) is 0 Å². The van der Waals surface area contributed by atoms with Crippen molar-refractivity contribution in [1.29, 1.82) is 0 Å². The maximum atomic E-state index is 6.09. The lowest BCUT2D eigenvalue weighted by molar-refractivity contribution is -0.671. The third-order valence-electron chi connectivity index (χ3n) is 3.54. The van der Waals surface area contributed by atoms with E-state index in [1.54, 1.807) is 4.52 Å². The predicted molar refractivity (Wildman–Crippen MR) is 97.4 cm³/mol. The zero-order valence-electron chi connectivity index (χ0n) is 13.4. The van der Waals surface area contributed by atoms with Crippen LogP contribution in [-0.4, -0.2) is 20.7 Å². The number of imidazole rings is 1. The van der Waals surface area contributed by atoms with E-state index in [9.17, 15) is 0 Å². The molecule has 0 aliphatic carbocycles. The molecule has 0 unspecified atom stereocenters. The Morgan fingerprint density at radius 1 is 1.21 bits per heavy atom. The van der Waals surface area contributed by atoms with Crippen LogP contribution in [0.1, 0.15) is 12.8 Å². The average Bonchev–Trinajstić information content (AvgIpc) is 3.04. The number of anilines is 2. The van der Waals surface area contributed by atoms with Gasteiger partial charge in [0, 0.05) is 12.7 Å². The van der Waals surface area contributed by atoms with Gasteiger partial charge in [-0.25, -0.2) is 13.6 Å². The first kappa shape index (κ1) is 22.4. The van der Waals surface area contributed by atoms with Crippen LogP contribution in [0.4, 0.5) is 11.5 Å². The van der Waals surface area contributed by atoms with Gasteiger partial charge in [0.1, 0.15) is 18.1 Å². The number of nitrogens with one attached hydrogen (secondary N) is 1. The molecular formula is C15H23Cl3N6. The summed E-state index contributed by atoms with van der Waals surface area (Å²) in [5.74, 6) is 0.772. The summed E-state index contributed by atoms with van der Waals surface area (Å²) in [5, 5.41) is 7.77. The second-order valence-corrected chi connectivity index (χ2v) is 5.24. The number of halogens is 3. The minimum atomic E-state index is 0. The monoisotopic (exact) mass is 392 g/mol. The lowest BCUT2D eigenvalue weighted by Gasteiger charge is -2.02. The minimum absolute atomic E-state index is 0. The summed E-state index contributed by atoms with van der Waals surface area (Å²) in [4.78, 5) is 0. The molecule has 0 atom stereocenters. The molecule has 0 bridgehead atoms. The molecule has 0 radical (unpaired) electrons. The van der Waals surface area contributed by atoms with Gasteiger partial charge in [0.2, 0.25) is 6.33 Å². The fourth-order valence-electron chi connectivity index (χ4n) is 2.41. The number of nitrogens with zero attached hydrogens (tertiary/aromatic N) is 4. The highest BCUT2D eigenvalue weighted by Crippen LogP contribution is 2.22. The third-order valence-corrected chi connectivity index (χ3v) is 3.54. The number of pyridine rings is 1. The lowest BCUT2D eigenvalue weighted by atomic mass is 10.3. The number of fused-ring (bicyclic) bond motifs is 1. The minimum Gasteiger partial charge on any atom is -1.00 e. The summed E-state index contributed by atoms with van der Waals surface area (Å²) < 4.78 is 6.05. The molecule has 3 N–H and O–H groups in total. The SMILES string of the molecule is C[n+]1ccn(CCCCNc2nn3ccccc3c2N)c1.Cl.Cl.[Cl-]. The molecule has 0 spiro atoms. The molecule has 0 aromatic carbocycles. The summed E-state index contributed by atoms with van der Waals surface area (Å²) >= 11 is 0. The lowest BCUT2D eigenvalue weighted by Crippen LogP contribution is -3.00. The van der Waals surface area contributed by atoms with Crippen molar-refractivity contribution in [2.75, 3.05) is 17.6 Å². The van der Waals surface area contributed by atoms with Gasteiger partial charge in [0.25, 0.3) is 0 Å². The summed E-state index contributed by atoms with van der Waals surface area (Å²) in [6.07, 6.45) is 10.3. The topological polar surface area (TPSA) is 64.2 Å². The molecule has 9 heteroatoms. The zero-order chi connectivity index (χ0) is 14.7. The van der Waals surface area contributed by atoms with Crippen LogP contribution in [0.15, 0.2) is 43.1 Å². The van der Waals surface area contributed by atoms with E-state index in [2.05, 4.69) is 38.3 Å². The van der Waals surface area contributed by atoms with E-state index in [-0.39, 0.29) is 37.2 Å². The molecule has 0 fully saturated rings. The van der Waals surface area contributed by atoms with E-state index < -0.39 is 0 Å². The highest BCUT2D eigenvalue weighted by atomic mass is 35.5. The number of unbranched alkanes of at least 4 members (excludes halogenated alkanes) is 1. The van der Waals surface area contributed by atoms with Crippen molar-refractivity contribution in [1.82, 2.24) is 14.2 Å². The van der Waals surface area contributed by atoms with Crippen molar-refractivity contribution < 1.29 is 17.0 Å². The smallest absolute Gasteiger partial charge is 0.243 e. The average molecular weight is 394 g/mol. The van der Waals surface area contributed by atoms with Gasteiger partial charge in [-0.3, -0.25) is 0 Å². The van der Waals surface area contributed by atoms with Crippen molar-refractivity contribution in [3.8, 4) is 0 Å². The molecule has 3 heterocycles. The van der Waals surface area contributed by atoms with E-state index in [1.807, 2.05) is 31.4 Å². The quantitative estimate of drug-likeness (QED) is 0.429. The van der Waals surface area contributed by atoms with Gasteiger partial charge in [-0.15, -0.1) is 29.9 Å². The van der Waals surface area contributed by atoms with Gasteiger partial charge in [-0.2, -0.15) is 0 Å². The maximum Gasteiger partial charge on any atom is 0.243 e. The molecule has 3 aromatic rings. The number of hydrogen-bond acceptors (Lipinski definition) is 3. The third kappa shape index (κ3) is 5.19. The second-order valence-electron chi connectivity index (χ2n) is 5.24. The van der Waals surface area contributed by atoms with Crippen LogP contribution in [0.25, 0.3) is 5.52 Å². The van der Waals surface area contributed by atoms with Gasteiger partial charge in [-0.05, 0) is 25.0 Å². The molecule has 3 rings (SSSR count). The standard InChI is InChI=1S/C15H21N6.3ClH/c1-19-10-11-20(12-19)8-5-3-7-17-15-14(16)13-6-2-4-9-21(13)18-15;;;/h2,4,6,9-12H,3,5,7-8,16H2,1H3,(H,17,18);3*1H/q+1;;;/p-1. The van der Waals surface area contributed by atoms with E-state index >= 15 is 0 Å². The van der Waals surface area contributed by atoms with Crippen LogP contribution < -0.4 is 28.0 Å². The Morgan fingerprint density at radius 3 is 2.67 bits per heavy atom. The Morgan fingerprint density at radius 2 is 2.00 bits per heavy atom. The van der Waals surface area contributed by atoms with Gasteiger partial charge in [0.05, 0.1) is 19.1 Å². The first-order valence-corrected chi connectivity index (χ1v) is 7.22. The number of nitrogen functional groups attached to an aromatic ring is 1. The molecule has 134 valence electrons. The van der Waals surface area contributed by atoms with Crippen molar-refractivity contribution in [2.24, 2.45) is 7.05 Å². The first-order valence-electron chi connectivity index (χ1n) is 7.22. The number of nitrogens with two attached hydrogens (primary N) is 1. The number of aromatic nitrogens is 4. The molecule has 0 saturated carbocycles. The van der Waals surface area contributed by atoms with Crippen molar-refractivity contribution in [3.05, 3.63) is 43.1 Å². The largest absolute Gasteiger partial charge is 1.00 e. The number of hydrogen-bond donors (Lipinski definition) is 2. The van der Waals surface area contributed by atoms with Crippen molar-refractivity contribution in [3.63, 3.8) is 0 Å². The van der Waals surface area contributed by atoms with Crippen LogP contribution >= 0.6 is 24.8 Å². The van der Waals surface area contributed by atoms with E-state index in [4.69, 9.17) is 5.73 Å². The van der Waals surface area contributed by atoms with Crippen LogP contribution in [0.5, 0.6) is 0 Å². The Labute approximate surface area is 160 Å². The molecule has 0 amide bonds. The summed E-state index contributed by atoms with van der Waals surface area (Å²) in [7, 11) is 2.03.